The minimum Gasteiger partial charge on any atom is -0.376 e. The lowest BCUT2D eigenvalue weighted by atomic mass is 9.87. The molecule has 0 saturated carbocycles. The molecule has 168 valence electrons. The molecule has 1 aromatic carbocycles. The van der Waals surface area contributed by atoms with E-state index in [1.807, 2.05) is 6.07 Å². The highest BCUT2D eigenvalue weighted by molar-refractivity contribution is 6.37. The molecule has 2 aliphatic heterocycles. The van der Waals surface area contributed by atoms with Crippen molar-refractivity contribution in [3.63, 3.8) is 0 Å². The number of carbonyl (C=O) groups excluding carboxylic acids is 1. The Kier molecular flexibility index (Phi) is 5.49. The molecule has 2 aromatic heterocycles. The summed E-state index contributed by atoms with van der Waals surface area (Å²) in [4.78, 5) is 30.6. The van der Waals surface area contributed by atoms with Crippen LogP contribution in [0.1, 0.15) is 38.8 Å². The molecule has 1 atom stereocenters. The lowest BCUT2D eigenvalue weighted by Crippen LogP contribution is -2.46. The number of benzene rings is 1. The summed E-state index contributed by atoms with van der Waals surface area (Å²) in [5.41, 5.74) is 2.93. The van der Waals surface area contributed by atoms with Crippen molar-refractivity contribution in [1.29, 1.82) is 0 Å². The molecule has 0 spiro atoms. The van der Waals surface area contributed by atoms with E-state index in [9.17, 15) is 9.59 Å². The van der Waals surface area contributed by atoms with Gasteiger partial charge in [0.2, 0.25) is 0 Å². The lowest BCUT2D eigenvalue weighted by Gasteiger charge is -2.36. The summed E-state index contributed by atoms with van der Waals surface area (Å²) < 4.78 is 11.1. The number of hydrogen-bond donors (Lipinski definition) is 2. The SMILES string of the molecule is COC(c1cc(Cl)c2c(c1Cl)C(=O)N(Cc1c(=O)[nH]c(C)c3cnoc13)CC2)C1CNC1. The summed E-state index contributed by atoms with van der Waals surface area (Å²) in [7, 11) is 1.63. The van der Waals surface area contributed by atoms with E-state index in [4.69, 9.17) is 32.5 Å². The van der Waals surface area contributed by atoms with E-state index in [-0.39, 0.29) is 30.0 Å². The largest absolute Gasteiger partial charge is 0.376 e. The number of pyridine rings is 1. The zero-order valence-electron chi connectivity index (χ0n) is 17.6. The number of halogens is 2. The number of aryl methyl sites for hydroxylation is 1. The summed E-state index contributed by atoms with van der Waals surface area (Å²) in [5, 5.41) is 8.62. The highest BCUT2D eigenvalue weighted by atomic mass is 35.5. The predicted octanol–water partition coefficient (Wildman–Crippen LogP) is 3.24. The second-order valence-electron chi connectivity index (χ2n) is 8.29. The number of H-pyrrole nitrogens is 1. The number of hydrogen-bond acceptors (Lipinski definition) is 6. The van der Waals surface area contributed by atoms with Crippen LogP contribution < -0.4 is 10.9 Å². The van der Waals surface area contributed by atoms with Crippen molar-refractivity contribution in [2.24, 2.45) is 5.92 Å². The number of methoxy groups -OCH3 is 1. The van der Waals surface area contributed by atoms with Gasteiger partial charge in [-0.2, -0.15) is 0 Å². The molecule has 2 aliphatic rings. The molecule has 2 N–H and O–H groups in total. The van der Waals surface area contributed by atoms with Gasteiger partial charge in [-0.05, 0) is 25.0 Å². The fourth-order valence-electron chi connectivity index (χ4n) is 4.59. The van der Waals surface area contributed by atoms with Gasteiger partial charge in [0, 0.05) is 48.9 Å². The molecule has 5 rings (SSSR count). The van der Waals surface area contributed by atoms with Gasteiger partial charge in [0.15, 0.2) is 5.58 Å². The van der Waals surface area contributed by atoms with Crippen molar-refractivity contribution in [1.82, 2.24) is 20.4 Å². The third-order valence-corrected chi connectivity index (χ3v) is 7.20. The molecule has 4 heterocycles. The predicted molar refractivity (Wildman–Crippen MR) is 120 cm³/mol. The summed E-state index contributed by atoms with van der Waals surface area (Å²) in [6, 6.07) is 1.82. The van der Waals surface area contributed by atoms with Crippen LogP contribution in [0.4, 0.5) is 0 Å². The van der Waals surface area contributed by atoms with Crippen LogP contribution in [0.2, 0.25) is 10.0 Å². The minimum atomic E-state index is -0.305. The van der Waals surface area contributed by atoms with Crippen molar-refractivity contribution in [2.45, 2.75) is 26.0 Å². The summed E-state index contributed by atoms with van der Waals surface area (Å²) in [6.45, 7) is 3.89. The maximum atomic E-state index is 13.5. The molecule has 3 aromatic rings. The maximum absolute atomic E-state index is 13.5. The molecule has 10 heteroatoms. The first kappa shape index (κ1) is 21.5. The Hall–Kier alpha value is -2.39. The Morgan fingerprint density at radius 1 is 1.34 bits per heavy atom. The Morgan fingerprint density at radius 2 is 2.12 bits per heavy atom. The van der Waals surface area contributed by atoms with E-state index < -0.39 is 0 Å². The molecule has 1 fully saturated rings. The van der Waals surface area contributed by atoms with E-state index in [2.05, 4.69) is 15.5 Å². The summed E-state index contributed by atoms with van der Waals surface area (Å²) in [5.74, 6) is -0.0125. The van der Waals surface area contributed by atoms with Gasteiger partial charge in [-0.3, -0.25) is 9.59 Å². The first-order valence-corrected chi connectivity index (χ1v) is 11.2. The van der Waals surface area contributed by atoms with Crippen LogP contribution in [0.3, 0.4) is 0 Å². The van der Waals surface area contributed by atoms with Gasteiger partial charge < -0.3 is 24.5 Å². The second kappa shape index (κ2) is 8.19. The first-order chi connectivity index (χ1) is 15.4. The van der Waals surface area contributed by atoms with E-state index >= 15 is 0 Å². The fraction of sp³-hybridized carbons (Fsp3) is 0.409. The Labute approximate surface area is 193 Å². The molecule has 1 saturated heterocycles. The Balaban J connectivity index is 1.54. The zero-order chi connectivity index (χ0) is 22.6. The quantitative estimate of drug-likeness (QED) is 0.586. The smallest absolute Gasteiger partial charge is 0.257 e. The average molecular weight is 477 g/mol. The summed E-state index contributed by atoms with van der Waals surface area (Å²) >= 11 is 13.4. The molecular formula is C22H22Cl2N4O4. The van der Waals surface area contributed by atoms with Crippen molar-refractivity contribution in [3.05, 3.63) is 60.6 Å². The van der Waals surface area contributed by atoms with Crippen LogP contribution >= 0.6 is 23.2 Å². The number of carbonyl (C=O) groups is 1. The second-order valence-corrected chi connectivity index (χ2v) is 9.08. The van der Waals surface area contributed by atoms with Gasteiger partial charge in [0.05, 0.1) is 40.4 Å². The first-order valence-electron chi connectivity index (χ1n) is 10.4. The monoisotopic (exact) mass is 476 g/mol. The highest BCUT2D eigenvalue weighted by Crippen LogP contribution is 2.41. The molecular weight excluding hydrogens is 455 g/mol. The number of aromatic nitrogens is 2. The molecule has 32 heavy (non-hydrogen) atoms. The van der Waals surface area contributed by atoms with Crippen LogP contribution in [-0.2, 0) is 17.7 Å². The van der Waals surface area contributed by atoms with Crippen LogP contribution in [0.15, 0.2) is 21.6 Å². The molecule has 0 radical (unpaired) electrons. The number of ether oxygens (including phenoxy) is 1. The van der Waals surface area contributed by atoms with Gasteiger partial charge in [0.1, 0.15) is 0 Å². The van der Waals surface area contributed by atoms with E-state index in [1.54, 1.807) is 25.1 Å². The molecule has 8 nitrogen and oxygen atoms in total. The van der Waals surface area contributed by atoms with Gasteiger partial charge in [0.25, 0.3) is 11.5 Å². The molecule has 1 unspecified atom stereocenters. The minimum absolute atomic E-state index is 0.0814. The van der Waals surface area contributed by atoms with E-state index in [1.165, 1.54) is 0 Å². The van der Waals surface area contributed by atoms with Gasteiger partial charge in [-0.15, -0.1) is 0 Å². The Morgan fingerprint density at radius 3 is 2.81 bits per heavy atom. The van der Waals surface area contributed by atoms with Crippen LogP contribution in [0.25, 0.3) is 11.0 Å². The lowest BCUT2D eigenvalue weighted by molar-refractivity contribution is 0.0292. The zero-order valence-corrected chi connectivity index (χ0v) is 19.1. The molecule has 0 aliphatic carbocycles. The van der Waals surface area contributed by atoms with Crippen molar-refractivity contribution in [2.75, 3.05) is 26.7 Å². The number of aromatic amines is 1. The number of nitrogens with one attached hydrogen (secondary N) is 2. The van der Waals surface area contributed by atoms with Gasteiger partial charge >= 0.3 is 0 Å². The summed E-state index contributed by atoms with van der Waals surface area (Å²) in [6.07, 6.45) is 1.83. The van der Waals surface area contributed by atoms with E-state index in [0.29, 0.717) is 56.4 Å². The van der Waals surface area contributed by atoms with Crippen LogP contribution in [0.5, 0.6) is 0 Å². The highest BCUT2D eigenvalue weighted by Gasteiger charge is 2.36. The van der Waals surface area contributed by atoms with Crippen molar-refractivity contribution < 1.29 is 14.1 Å². The van der Waals surface area contributed by atoms with Crippen molar-refractivity contribution >= 4 is 40.1 Å². The number of fused-ring (bicyclic) bond motifs is 2. The maximum Gasteiger partial charge on any atom is 0.257 e. The molecule has 1 amide bonds. The average Bonchev–Trinajstić information content (AvgIpc) is 3.22. The third-order valence-electron chi connectivity index (χ3n) is 6.45. The molecule has 0 bridgehead atoms. The number of rotatable bonds is 5. The Bertz CT molecular complexity index is 1280. The van der Waals surface area contributed by atoms with Crippen molar-refractivity contribution in [3.8, 4) is 0 Å². The number of nitrogens with zero attached hydrogens (tertiary/aromatic N) is 2. The third kappa shape index (κ3) is 3.33. The van der Waals surface area contributed by atoms with E-state index in [0.717, 1.165) is 18.7 Å². The van der Waals surface area contributed by atoms with Crippen LogP contribution in [-0.4, -0.2) is 47.7 Å². The normalized spacial score (nSPS) is 17.5. The van der Waals surface area contributed by atoms with Gasteiger partial charge in [-0.25, -0.2) is 0 Å². The topological polar surface area (TPSA) is 100 Å². The fourth-order valence-corrected chi connectivity index (χ4v) is 5.25. The van der Waals surface area contributed by atoms with Crippen LogP contribution in [0, 0.1) is 12.8 Å². The van der Waals surface area contributed by atoms with Gasteiger partial charge in [-0.1, -0.05) is 28.4 Å². The standard InChI is InChI=1S/C22H22Cl2N4O4/c1-10-14-8-26-32-20(14)15(21(29)27-10)9-28-4-3-12-16(23)5-13(18(24)17(12)22(28)30)19(31-2)11-6-25-7-11/h5,8,11,19,25H,3-4,6-7,9H2,1-2H3,(H,27,29). The number of amides is 1.